The Morgan fingerprint density at radius 1 is 1.30 bits per heavy atom. The first-order valence-electron chi connectivity index (χ1n) is 6.44. The van der Waals surface area contributed by atoms with Crippen molar-refractivity contribution >= 4 is 22.9 Å². The molecule has 0 radical (unpaired) electrons. The predicted molar refractivity (Wildman–Crippen MR) is 80.5 cm³/mol. The fourth-order valence-electron chi connectivity index (χ4n) is 2.12. The monoisotopic (exact) mass is 315 g/mol. The van der Waals surface area contributed by atoms with E-state index in [-0.39, 0.29) is 18.0 Å². The summed E-state index contributed by atoms with van der Waals surface area (Å²) in [5, 5.41) is 5.89. The molecule has 0 spiro atoms. The zero-order valence-corrected chi connectivity index (χ0v) is 12.9. The van der Waals surface area contributed by atoms with Gasteiger partial charge in [0.1, 0.15) is 11.6 Å². The molecular weight excluding hydrogens is 300 g/mol. The Morgan fingerprint density at radius 2 is 1.95 bits per heavy atom. The quantitative estimate of drug-likeness (QED) is 0.829. The number of hydrogen-bond donors (Lipinski definition) is 1. The SMILES string of the molecule is CCNC(Cc1c(F)cccc1F)c1scc(C)c1Cl. The van der Waals surface area contributed by atoms with Gasteiger partial charge in [0.05, 0.1) is 5.02 Å². The van der Waals surface area contributed by atoms with E-state index in [2.05, 4.69) is 5.32 Å². The minimum atomic E-state index is -0.516. The van der Waals surface area contributed by atoms with Crippen LogP contribution in [0.1, 0.15) is 29.0 Å². The standard InChI is InChI=1S/C15H16ClF2NS/c1-3-19-13(15-14(16)9(2)8-20-15)7-10-11(17)5-4-6-12(10)18/h4-6,8,13,19H,3,7H2,1-2H3. The van der Waals surface area contributed by atoms with Crippen LogP contribution < -0.4 is 5.32 Å². The number of hydrogen-bond acceptors (Lipinski definition) is 2. The van der Waals surface area contributed by atoms with Crippen molar-refractivity contribution in [3.8, 4) is 0 Å². The van der Waals surface area contributed by atoms with E-state index in [1.807, 2.05) is 19.2 Å². The van der Waals surface area contributed by atoms with Crippen LogP contribution in [0, 0.1) is 18.6 Å². The summed E-state index contributed by atoms with van der Waals surface area (Å²) in [7, 11) is 0. The van der Waals surface area contributed by atoms with E-state index in [0.29, 0.717) is 11.6 Å². The fourth-order valence-corrected chi connectivity index (χ4v) is 3.52. The van der Waals surface area contributed by atoms with Crippen molar-refractivity contribution in [2.45, 2.75) is 26.3 Å². The highest BCUT2D eigenvalue weighted by molar-refractivity contribution is 7.10. The maximum absolute atomic E-state index is 13.8. The highest BCUT2D eigenvalue weighted by atomic mass is 35.5. The van der Waals surface area contributed by atoms with Crippen LogP contribution in [0.3, 0.4) is 0 Å². The van der Waals surface area contributed by atoms with Gasteiger partial charge in [-0.05, 0) is 43.0 Å². The van der Waals surface area contributed by atoms with Crippen LogP contribution in [0.2, 0.25) is 5.02 Å². The summed E-state index contributed by atoms with van der Waals surface area (Å²) < 4.78 is 27.6. The molecule has 0 bridgehead atoms. The Morgan fingerprint density at radius 3 is 2.45 bits per heavy atom. The molecule has 1 heterocycles. The summed E-state index contributed by atoms with van der Waals surface area (Å²) in [6.07, 6.45) is 0.242. The van der Waals surface area contributed by atoms with Gasteiger partial charge in [0, 0.05) is 16.5 Å². The van der Waals surface area contributed by atoms with Crippen molar-refractivity contribution in [1.29, 1.82) is 0 Å². The lowest BCUT2D eigenvalue weighted by atomic mass is 10.0. The molecule has 1 atom stereocenters. The van der Waals surface area contributed by atoms with Crippen LogP contribution in [0.25, 0.3) is 0 Å². The normalized spacial score (nSPS) is 12.7. The molecule has 20 heavy (non-hydrogen) atoms. The molecule has 1 aromatic heterocycles. The number of benzene rings is 1. The van der Waals surface area contributed by atoms with Gasteiger partial charge in [0.2, 0.25) is 0 Å². The van der Waals surface area contributed by atoms with Crippen LogP contribution in [0.15, 0.2) is 23.6 Å². The maximum atomic E-state index is 13.8. The molecule has 0 aliphatic heterocycles. The van der Waals surface area contributed by atoms with Crippen molar-refractivity contribution in [2.75, 3.05) is 6.54 Å². The fraction of sp³-hybridized carbons (Fsp3) is 0.333. The van der Waals surface area contributed by atoms with E-state index in [4.69, 9.17) is 11.6 Å². The minimum Gasteiger partial charge on any atom is -0.309 e. The van der Waals surface area contributed by atoms with E-state index in [9.17, 15) is 8.78 Å². The Hall–Kier alpha value is -0.970. The second-order valence-corrected chi connectivity index (χ2v) is 5.90. The molecule has 1 aromatic carbocycles. The molecule has 1 nitrogen and oxygen atoms in total. The van der Waals surface area contributed by atoms with Crippen molar-refractivity contribution in [1.82, 2.24) is 5.32 Å². The lowest BCUT2D eigenvalue weighted by molar-refractivity contribution is 0.503. The van der Waals surface area contributed by atoms with Crippen LogP contribution in [-0.4, -0.2) is 6.54 Å². The summed E-state index contributed by atoms with van der Waals surface area (Å²) in [4.78, 5) is 0.925. The molecule has 1 unspecified atom stereocenters. The summed E-state index contributed by atoms with van der Waals surface area (Å²) in [5.41, 5.74) is 1.09. The average Bonchev–Trinajstić information content (AvgIpc) is 2.73. The van der Waals surface area contributed by atoms with Gasteiger partial charge in [-0.3, -0.25) is 0 Å². The van der Waals surface area contributed by atoms with Crippen LogP contribution in [0.5, 0.6) is 0 Å². The predicted octanol–water partition coefficient (Wildman–Crippen LogP) is 4.88. The zero-order valence-electron chi connectivity index (χ0n) is 11.3. The number of nitrogens with one attached hydrogen (secondary N) is 1. The van der Waals surface area contributed by atoms with Crippen LogP contribution >= 0.6 is 22.9 Å². The lowest BCUT2D eigenvalue weighted by Gasteiger charge is -2.18. The molecule has 2 rings (SSSR count). The first-order chi connectivity index (χ1) is 9.54. The Balaban J connectivity index is 2.33. The largest absolute Gasteiger partial charge is 0.309 e. The van der Waals surface area contributed by atoms with E-state index in [0.717, 1.165) is 10.4 Å². The van der Waals surface area contributed by atoms with Gasteiger partial charge < -0.3 is 5.32 Å². The van der Waals surface area contributed by atoms with Gasteiger partial charge in [-0.15, -0.1) is 11.3 Å². The third-order valence-electron chi connectivity index (χ3n) is 3.16. The Bertz CT molecular complexity index is 577. The van der Waals surface area contributed by atoms with Crippen LogP contribution in [0.4, 0.5) is 8.78 Å². The third kappa shape index (κ3) is 3.19. The molecule has 0 aliphatic rings. The number of thiophene rings is 1. The van der Waals surface area contributed by atoms with E-state index < -0.39 is 11.6 Å². The van der Waals surface area contributed by atoms with Gasteiger partial charge >= 0.3 is 0 Å². The third-order valence-corrected chi connectivity index (χ3v) is 4.99. The molecule has 0 saturated carbocycles. The summed E-state index contributed by atoms with van der Waals surface area (Å²) in [6, 6.07) is 3.75. The van der Waals surface area contributed by atoms with E-state index in [1.165, 1.54) is 29.5 Å². The zero-order chi connectivity index (χ0) is 14.7. The minimum absolute atomic E-state index is 0.0977. The lowest BCUT2D eigenvalue weighted by Crippen LogP contribution is -2.23. The van der Waals surface area contributed by atoms with E-state index >= 15 is 0 Å². The summed E-state index contributed by atoms with van der Waals surface area (Å²) >= 11 is 7.78. The van der Waals surface area contributed by atoms with Gasteiger partial charge in [-0.1, -0.05) is 24.6 Å². The molecule has 1 N–H and O–H groups in total. The van der Waals surface area contributed by atoms with Crippen molar-refractivity contribution in [2.24, 2.45) is 0 Å². The molecule has 0 fully saturated rings. The maximum Gasteiger partial charge on any atom is 0.129 e. The van der Waals surface area contributed by atoms with Crippen LogP contribution in [-0.2, 0) is 6.42 Å². The Kier molecular flexibility index (Phi) is 5.13. The molecule has 5 heteroatoms. The number of aryl methyl sites for hydroxylation is 1. The van der Waals surface area contributed by atoms with Crippen molar-refractivity contribution < 1.29 is 8.78 Å². The summed E-state index contributed by atoms with van der Waals surface area (Å²) in [6.45, 7) is 4.59. The molecular formula is C15H16ClF2NS. The molecule has 108 valence electrons. The summed E-state index contributed by atoms with van der Waals surface area (Å²) in [5.74, 6) is -1.03. The number of likely N-dealkylation sites (N-methyl/N-ethyl adjacent to an activating group) is 1. The second-order valence-electron chi connectivity index (χ2n) is 4.61. The molecule has 2 aromatic rings. The molecule has 0 amide bonds. The Labute approximate surface area is 126 Å². The van der Waals surface area contributed by atoms with Gasteiger partial charge in [0.15, 0.2) is 0 Å². The van der Waals surface area contributed by atoms with Gasteiger partial charge in [-0.2, -0.15) is 0 Å². The van der Waals surface area contributed by atoms with Gasteiger partial charge in [-0.25, -0.2) is 8.78 Å². The number of rotatable bonds is 5. The van der Waals surface area contributed by atoms with Crippen molar-refractivity contribution in [3.63, 3.8) is 0 Å². The molecule has 0 saturated heterocycles. The first-order valence-corrected chi connectivity index (χ1v) is 7.70. The van der Waals surface area contributed by atoms with Gasteiger partial charge in [0.25, 0.3) is 0 Å². The first kappa shape index (κ1) is 15.4. The van der Waals surface area contributed by atoms with Crippen molar-refractivity contribution in [3.05, 3.63) is 56.2 Å². The number of halogens is 3. The van der Waals surface area contributed by atoms with E-state index in [1.54, 1.807) is 0 Å². The average molecular weight is 316 g/mol. The molecule has 0 aliphatic carbocycles. The second kappa shape index (κ2) is 6.66. The highest BCUT2D eigenvalue weighted by Crippen LogP contribution is 2.34. The topological polar surface area (TPSA) is 12.0 Å². The smallest absolute Gasteiger partial charge is 0.129 e. The highest BCUT2D eigenvalue weighted by Gasteiger charge is 2.21.